The van der Waals surface area contributed by atoms with Crippen LogP contribution in [0.25, 0.3) is 51.1 Å². The third-order valence-electron chi connectivity index (χ3n) is 26.6. The minimum atomic E-state index is -1.68. The zero-order valence-electron chi connectivity index (χ0n) is 79.1. The van der Waals surface area contributed by atoms with E-state index in [-0.39, 0.29) is 71.8 Å². The van der Waals surface area contributed by atoms with E-state index in [1.54, 1.807) is 34.1 Å². The number of anilines is 5. The van der Waals surface area contributed by atoms with Gasteiger partial charge in [-0.3, -0.25) is 47.6 Å². The number of rotatable bonds is 21. The molecular formula is C98H119FN24O8S6. The molecule has 0 bridgehead atoms. The number of aryl methyl sites for hydroxylation is 10. The Kier molecular flexibility index (Phi) is 32.2. The first-order valence-electron chi connectivity index (χ1n) is 46.6. The molecule has 39 heteroatoms. The molecule has 2 saturated carbocycles. The van der Waals surface area contributed by atoms with Gasteiger partial charge in [0.05, 0.1) is 67.7 Å². The highest BCUT2D eigenvalue weighted by Gasteiger charge is 2.37. The number of carbonyl (C=O) groups is 7. The van der Waals surface area contributed by atoms with Crippen molar-refractivity contribution in [3.8, 4) is 0 Å². The molecule has 6 fully saturated rings. The van der Waals surface area contributed by atoms with Crippen LogP contribution in [0.5, 0.6) is 0 Å². The topological polar surface area (TPSA) is 469 Å². The lowest BCUT2D eigenvalue weighted by Crippen LogP contribution is -2.41. The van der Waals surface area contributed by atoms with Gasteiger partial charge in [-0.2, -0.15) is 25.5 Å². The van der Waals surface area contributed by atoms with Gasteiger partial charge >= 0.3 is 0 Å². The normalized spacial score (nSPS) is 16.7. The molecule has 722 valence electrons. The summed E-state index contributed by atoms with van der Waals surface area (Å²) in [6, 6.07) is 23.6. The Hall–Kier alpha value is -11.9. The van der Waals surface area contributed by atoms with Crippen LogP contribution >= 0.6 is 56.7 Å². The van der Waals surface area contributed by atoms with Gasteiger partial charge in [0.25, 0.3) is 29.5 Å². The average molecular weight is 1970 g/mol. The molecule has 7 amide bonds. The molecule has 4 atom stereocenters. The molecule has 4 unspecified atom stereocenters. The van der Waals surface area contributed by atoms with Gasteiger partial charge in [0.1, 0.15) is 48.5 Å². The van der Waals surface area contributed by atoms with Crippen molar-refractivity contribution in [3.63, 3.8) is 0 Å². The Balaban J connectivity index is 0.000000130. The third-order valence-corrected chi connectivity index (χ3v) is 33.3. The van der Waals surface area contributed by atoms with Crippen molar-refractivity contribution in [1.29, 1.82) is 0 Å². The Morgan fingerprint density at radius 1 is 0.365 bits per heavy atom. The van der Waals surface area contributed by atoms with Gasteiger partial charge in [0.15, 0.2) is 5.50 Å². The van der Waals surface area contributed by atoms with Crippen molar-refractivity contribution in [1.82, 2.24) is 97.2 Å². The monoisotopic (exact) mass is 1970 g/mol. The number of hydrogen-bond donors (Lipinski definition) is 10. The lowest BCUT2D eigenvalue weighted by molar-refractivity contribution is -0.126. The van der Waals surface area contributed by atoms with Crippen LogP contribution in [0, 0.1) is 81.1 Å². The van der Waals surface area contributed by atoms with Gasteiger partial charge in [-0.15, -0.1) is 82.2 Å². The Morgan fingerprint density at radius 3 is 0.942 bits per heavy atom. The number of likely N-dealkylation sites (tertiary alicyclic amines) is 4. The van der Waals surface area contributed by atoms with Crippen LogP contribution in [0.3, 0.4) is 0 Å². The predicted molar refractivity (Wildman–Crippen MR) is 544 cm³/mol. The maximum atomic E-state index is 13.1. The second-order valence-corrected chi connectivity index (χ2v) is 43.0. The molecule has 3 aromatic carbocycles. The van der Waals surface area contributed by atoms with Gasteiger partial charge in [-0.25, -0.2) is 4.39 Å². The van der Waals surface area contributed by atoms with Crippen LogP contribution in [-0.2, 0) is 53.1 Å². The zero-order valence-corrected chi connectivity index (χ0v) is 84.0. The molecule has 137 heavy (non-hydrogen) atoms. The Morgan fingerprint density at radius 2 is 0.635 bits per heavy atom. The molecule has 4 aliphatic heterocycles. The van der Waals surface area contributed by atoms with Crippen LogP contribution in [0.2, 0.25) is 0 Å². The van der Waals surface area contributed by atoms with E-state index in [1.807, 2.05) is 69.2 Å². The summed E-state index contributed by atoms with van der Waals surface area (Å²) in [5, 5.41) is 60.6. The number of benzene rings is 3. The summed E-state index contributed by atoms with van der Waals surface area (Å²) in [7, 11) is -1.68. The van der Waals surface area contributed by atoms with Crippen LogP contribution < -0.4 is 55.3 Å². The number of nitrogens with one attached hydrogen (secondary N) is 5. The number of amides is 7. The summed E-state index contributed by atoms with van der Waals surface area (Å²) in [6.45, 7) is 30.7. The number of thiophene rings is 5. The van der Waals surface area contributed by atoms with Gasteiger partial charge in [0.2, 0.25) is 11.8 Å². The second kappa shape index (κ2) is 44.3. The smallest absolute Gasteiger partial charge is 0.266 e. The van der Waals surface area contributed by atoms with Crippen LogP contribution in [-0.4, -0.2) is 186 Å². The van der Waals surface area contributed by atoms with E-state index in [4.69, 9.17) is 28.7 Å². The SMILES string of the molecule is Cc1nnc2sc(C(=O)N3CCC(NC(=O)C4CC4)C3)c(N)c2c1C.Cc1nnc2sc(C(=O)N3CCC(NC(=O)C4CCCCC4)C3)c(N)c2c1C.Cc1nnc2sc(C(=O)NCc3ccc(CN4CCCC4)cc3)c(N)c2c1C.Cc1nnc2sc(C(=O)NCc3ccc(CN4CCCCC4)cc3)c(N)c2c1C.Cc1nnc2sc(C(=O)NCc3ccc(S(=O)C(C)F)cc3)c(N)c2c1C. The van der Waals surface area contributed by atoms with Crippen LogP contribution in [0.4, 0.5) is 32.8 Å². The standard InChI is InChI=1S/C22H27N5OS.C21H25N5OS.C20H27N5O2S.C18H19FN4O2S2.C17H21N5O2S/c1-14-15(2)25-26-22-18(14)19(23)20(29-22)21(28)24-12-16-6-8-17(9-7-16)13-27-10-4-3-5-11-27;1-13-14(2)24-25-21-17(13)18(22)19(28-21)20(27)23-11-15-5-7-16(8-6-15)12-26-9-3-4-10-26;1-11-12(2)23-24-19-15(11)16(21)17(28-19)20(27)25-9-8-14(10-25)22-18(26)13-6-4-3-5-7-13;1-9-10(2)22-23-18-14(9)15(20)16(26-18)17(24)21-8-12-4-6-13(7-5-12)27(25)11(3)19;1-8-9(2)20-21-16-12(8)13(18)14(25-16)17(24)22-6-5-11(7-22)19-15(23)10-3-4-10/h6-9H,3-5,10-13,23H2,1-2H3,(H,24,28);5-8H,3-4,9-12,22H2,1-2H3,(H,23,27);13-14H,3-10,21H2,1-2H3,(H,22,26);4-7,11H,8,20H2,1-3H3,(H,21,24);10-11H,3-7,18H2,1-2H3,(H,19,23). The molecule has 0 spiro atoms. The van der Waals surface area contributed by atoms with Crippen molar-refractivity contribution in [2.75, 3.05) is 81.0 Å². The maximum Gasteiger partial charge on any atom is 0.266 e. The van der Waals surface area contributed by atoms with E-state index >= 15 is 0 Å². The second-order valence-electron chi connectivity index (χ2n) is 36.3. The van der Waals surface area contributed by atoms with Crippen molar-refractivity contribution >= 4 is 188 Å². The number of carbonyl (C=O) groups excluding carboxylic acids is 7. The number of halogens is 1. The van der Waals surface area contributed by atoms with Gasteiger partial charge < -0.3 is 65.1 Å². The fraction of sp³-hybridized carbons (Fsp3) is 0.439. The van der Waals surface area contributed by atoms with E-state index in [0.717, 1.165) is 164 Å². The number of piperidine rings is 1. The summed E-state index contributed by atoms with van der Waals surface area (Å²) in [5.74, 6) is -0.179. The molecule has 15 N–H and O–H groups in total. The lowest BCUT2D eigenvalue weighted by atomic mass is 9.88. The minimum absolute atomic E-state index is 0.0257. The first-order valence-corrected chi connectivity index (χ1v) is 51.9. The maximum absolute atomic E-state index is 13.1. The average Bonchev–Trinajstić information content (AvgIpc) is 1.92. The minimum Gasteiger partial charge on any atom is -0.397 e. The van der Waals surface area contributed by atoms with E-state index in [9.17, 15) is 42.2 Å². The number of hydrogen-bond acceptors (Lipinski definition) is 30. The molecule has 14 heterocycles. The molecule has 19 rings (SSSR count). The zero-order chi connectivity index (χ0) is 97.3. The highest BCUT2D eigenvalue weighted by molar-refractivity contribution is 7.85. The van der Waals surface area contributed by atoms with Crippen molar-refractivity contribution < 1.29 is 42.2 Å². The van der Waals surface area contributed by atoms with Crippen LogP contribution in [0.15, 0.2) is 77.7 Å². The first-order chi connectivity index (χ1) is 65.7. The van der Waals surface area contributed by atoms with Gasteiger partial charge in [-0.1, -0.05) is 86.3 Å². The molecule has 13 aromatic rings. The number of nitrogen functional groups attached to an aromatic ring is 5. The van der Waals surface area contributed by atoms with E-state index in [2.05, 4.69) is 136 Å². The van der Waals surface area contributed by atoms with Crippen molar-refractivity contribution in [2.45, 2.75) is 221 Å². The van der Waals surface area contributed by atoms with E-state index in [0.29, 0.717) is 121 Å². The summed E-state index contributed by atoms with van der Waals surface area (Å²) < 4.78 is 24.8. The van der Waals surface area contributed by atoms with Crippen LogP contribution in [0.1, 0.15) is 229 Å². The predicted octanol–water partition coefficient (Wildman–Crippen LogP) is 14.9. The highest BCUT2D eigenvalue weighted by Crippen LogP contribution is 2.42. The molecule has 2 aliphatic carbocycles. The van der Waals surface area contributed by atoms with E-state index < -0.39 is 16.3 Å². The number of nitrogens with two attached hydrogens (primary N) is 5. The summed E-state index contributed by atoms with van der Waals surface area (Å²) in [5.41, 5.74) is 46.7. The fourth-order valence-electron chi connectivity index (χ4n) is 17.6. The fourth-order valence-corrected chi connectivity index (χ4v) is 23.6. The Bertz CT molecular complexity index is 6700. The number of nitrogens with zero attached hydrogens (tertiary/aromatic N) is 14. The number of alkyl halides is 1. The molecule has 4 saturated heterocycles. The molecule has 32 nitrogen and oxygen atoms in total. The third kappa shape index (κ3) is 23.3. The molecule has 6 aliphatic rings. The van der Waals surface area contributed by atoms with E-state index in [1.165, 1.54) is 139 Å². The number of aromatic nitrogens is 10. The van der Waals surface area contributed by atoms with Crippen molar-refractivity contribution in [2.24, 2.45) is 11.8 Å². The molecule has 10 aromatic heterocycles. The molecule has 0 radical (unpaired) electrons. The Labute approximate surface area is 817 Å². The summed E-state index contributed by atoms with van der Waals surface area (Å²) in [6.07, 6.45) is 15.6. The van der Waals surface area contributed by atoms with Gasteiger partial charge in [-0.05, 0) is 234 Å². The summed E-state index contributed by atoms with van der Waals surface area (Å²) in [4.78, 5) is 103. The summed E-state index contributed by atoms with van der Waals surface area (Å²) >= 11 is 6.39. The highest BCUT2D eigenvalue weighted by atomic mass is 32.2. The largest absolute Gasteiger partial charge is 0.397 e. The van der Waals surface area contributed by atoms with Gasteiger partial charge in [0, 0.05) is 115 Å². The quantitative estimate of drug-likeness (QED) is 0.0319. The lowest BCUT2D eigenvalue weighted by Gasteiger charge is -2.26. The number of fused-ring (bicyclic) bond motifs is 5. The van der Waals surface area contributed by atoms with Crippen molar-refractivity contribution in [3.05, 3.63) is 181 Å². The first kappa shape index (κ1) is 99.6. The molecular weight excluding hydrogens is 1850 g/mol.